The predicted molar refractivity (Wildman–Crippen MR) is 117 cm³/mol. The second kappa shape index (κ2) is 9.95. The van der Waals surface area contributed by atoms with Crippen LogP contribution in [-0.4, -0.2) is 26.4 Å². The van der Waals surface area contributed by atoms with E-state index in [4.69, 9.17) is 16.3 Å². The van der Waals surface area contributed by atoms with Crippen LogP contribution in [0, 0.1) is 19.7 Å². The second-order valence-electron chi connectivity index (χ2n) is 6.66. The monoisotopic (exact) mass is 448 g/mol. The minimum absolute atomic E-state index is 0.00411. The number of carbonyl (C=O) groups excluding carboxylic acids is 1. The Kier molecular flexibility index (Phi) is 7.33. The molecule has 1 N–H and O–H groups in total. The fourth-order valence-electron chi connectivity index (χ4n) is 2.75. The van der Waals surface area contributed by atoms with Crippen molar-refractivity contribution in [2.45, 2.75) is 39.1 Å². The van der Waals surface area contributed by atoms with Gasteiger partial charge in [-0.25, -0.2) is 4.39 Å². The average Bonchev–Trinajstić information content (AvgIpc) is 3.12. The molecule has 30 heavy (non-hydrogen) atoms. The SMILES string of the molecule is CCn1c(COc2ccc(F)c(Cl)c2)nnc1SCC(=O)Nc1cc(C)ccc1C. The highest BCUT2D eigenvalue weighted by atomic mass is 35.5. The van der Waals surface area contributed by atoms with Crippen molar-refractivity contribution in [2.24, 2.45) is 0 Å². The van der Waals surface area contributed by atoms with Crippen molar-refractivity contribution in [1.82, 2.24) is 14.8 Å². The highest BCUT2D eigenvalue weighted by molar-refractivity contribution is 7.99. The Labute approximate surface area is 183 Å². The largest absolute Gasteiger partial charge is 0.486 e. The van der Waals surface area contributed by atoms with Gasteiger partial charge in [-0.3, -0.25) is 4.79 Å². The molecule has 1 amide bonds. The number of anilines is 1. The van der Waals surface area contributed by atoms with Gasteiger partial charge in [0.1, 0.15) is 18.2 Å². The van der Waals surface area contributed by atoms with Gasteiger partial charge in [-0.05, 0) is 50.1 Å². The maximum Gasteiger partial charge on any atom is 0.234 e. The van der Waals surface area contributed by atoms with Crippen LogP contribution < -0.4 is 10.1 Å². The Morgan fingerprint density at radius 3 is 2.77 bits per heavy atom. The zero-order valence-corrected chi connectivity index (χ0v) is 18.5. The summed E-state index contributed by atoms with van der Waals surface area (Å²) in [5, 5.41) is 11.9. The van der Waals surface area contributed by atoms with Crippen molar-refractivity contribution < 1.29 is 13.9 Å². The van der Waals surface area contributed by atoms with Crippen molar-refractivity contribution in [3.63, 3.8) is 0 Å². The maximum atomic E-state index is 13.3. The van der Waals surface area contributed by atoms with Crippen LogP contribution in [-0.2, 0) is 17.9 Å². The molecule has 0 saturated heterocycles. The van der Waals surface area contributed by atoms with E-state index in [0.717, 1.165) is 16.8 Å². The molecular weight excluding hydrogens is 427 g/mol. The number of hydrogen-bond acceptors (Lipinski definition) is 5. The number of ether oxygens (including phenoxy) is 1. The van der Waals surface area contributed by atoms with E-state index in [2.05, 4.69) is 15.5 Å². The fourth-order valence-corrected chi connectivity index (χ4v) is 3.74. The van der Waals surface area contributed by atoms with E-state index >= 15 is 0 Å². The first kappa shape index (κ1) is 22.1. The molecule has 0 bridgehead atoms. The molecule has 158 valence electrons. The normalized spacial score (nSPS) is 10.8. The van der Waals surface area contributed by atoms with Crippen LogP contribution in [0.4, 0.5) is 10.1 Å². The van der Waals surface area contributed by atoms with E-state index in [0.29, 0.717) is 23.3 Å². The molecule has 9 heteroatoms. The molecule has 0 aliphatic rings. The predicted octanol–water partition coefficient (Wildman–Crippen LogP) is 5.02. The van der Waals surface area contributed by atoms with Gasteiger partial charge < -0.3 is 14.6 Å². The van der Waals surface area contributed by atoms with Gasteiger partial charge in [0.05, 0.1) is 10.8 Å². The Hall–Kier alpha value is -2.58. The van der Waals surface area contributed by atoms with Crippen molar-refractivity contribution in [3.8, 4) is 5.75 Å². The highest BCUT2D eigenvalue weighted by Gasteiger charge is 2.14. The molecule has 0 saturated carbocycles. The third-order valence-electron chi connectivity index (χ3n) is 4.37. The second-order valence-corrected chi connectivity index (χ2v) is 8.01. The molecule has 2 aromatic carbocycles. The number of nitrogens with zero attached hydrogens (tertiary/aromatic N) is 3. The van der Waals surface area contributed by atoms with Gasteiger partial charge in [0.15, 0.2) is 11.0 Å². The molecule has 1 heterocycles. The lowest BCUT2D eigenvalue weighted by molar-refractivity contribution is -0.113. The smallest absolute Gasteiger partial charge is 0.234 e. The summed E-state index contributed by atoms with van der Waals surface area (Å²) in [4.78, 5) is 12.4. The van der Waals surface area contributed by atoms with Crippen LogP contribution in [0.1, 0.15) is 23.9 Å². The number of halogens is 2. The average molecular weight is 449 g/mol. The minimum Gasteiger partial charge on any atom is -0.486 e. The zero-order chi connectivity index (χ0) is 21.7. The summed E-state index contributed by atoms with van der Waals surface area (Å²) in [5.74, 6) is 0.640. The van der Waals surface area contributed by atoms with E-state index in [1.54, 1.807) is 0 Å². The summed E-state index contributed by atoms with van der Waals surface area (Å²) in [6.45, 7) is 6.67. The Bertz CT molecular complexity index is 1060. The number of rotatable bonds is 8. The van der Waals surface area contributed by atoms with Gasteiger partial charge in [-0.15, -0.1) is 10.2 Å². The quantitative estimate of drug-likeness (QED) is 0.490. The molecule has 3 aromatic rings. The van der Waals surface area contributed by atoms with Crippen molar-refractivity contribution in [2.75, 3.05) is 11.1 Å². The van der Waals surface area contributed by atoms with Crippen molar-refractivity contribution in [3.05, 3.63) is 64.2 Å². The van der Waals surface area contributed by atoms with Crippen LogP contribution in [0.3, 0.4) is 0 Å². The molecule has 3 rings (SSSR count). The lowest BCUT2D eigenvalue weighted by Gasteiger charge is -2.10. The van der Waals surface area contributed by atoms with E-state index in [9.17, 15) is 9.18 Å². The number of benzene rings is 2. The maximum absolute atomic E-state index is 13.3. The van der Waals surface area contributed by atoms with E-state index in [-0.39, 0.29) is 23.3 Å². The van der Waals surface area contributed by atoms with Crippen LogP contribution in [0.15, 0.2) is 41.6 Å². The zero-order valence-electron chi connectivity index (χ0n) is 16.9. The summed E-state index contributed by atoms with van der Waals surface area (Å²) < 4.78 is 20.8. The van der Waals surface area contributed by atoms with Crippen LogP contribution in [0.2, 0.25) is 5.02 Å². The van der Waals surface area contributed by atoms with Gasteiger partial charge in [0, 0.05) is 18.3 Å². The Morgan fingerprint density at radius 1 is 1.23 bits per heavy atom. The molecule has 1 aromatic heterocycles. The van der Waals surface area contributed by atoms with Crippen LogP contribution >= 0.6 is 23.4 Å². The summed E-state index contributed by atoms with van der Waals surface area (Å²) in [7, 11) is 0. The third kappa shape index (κ3) is 5.52. The molecule has 0 unspecified atom stereocenters. The first-order chi connectivity index (χ1) is 14.4. The molecule has 0 radical (unpaired) electrons. The fraction of sp³-hybridized carbons (Fsp3) is 0.286. The molecule has 0 aliphatic heterocycles. The molecule has 0 spiro atoms. The Balaban J connectivity index is 1.60. The van der Waals surface area contributed by atoms with Gasteiger partial charge in [0.25, 0.3) is 0 Å². The van der Waals surface area contributed by atoms with E-state index in [1.165, 1.54) is 30.0 Å². The summed E-state index contributed by atoms with van der Waals surface area (Å²) >= 11 is 7.08. The van der Waals surface area contributed by atoms with Crippen molar-refractivity contribution >= 4 is 35.0 Å². The molecular formula is C21H22ClFN4O2S. The number of carbonyl (C=O) groups is 1. The standard InChI is InChI=1S/C21H22ClFN4O2S/c1-4-27-19(11-29-15-7-8-17(23)16(22)10-15)25-26-21(27)30-12-20(28)24-18-9-13(2)5-6-14(18)3/h5-10H,4,11-12H2,1-3H3,(H,24,28). The number of hydrogen-bond donors (Lipinski definition) is 1. The minimum atomic E-state index is -0.501. The molecule has 6 nitrogen and oxygen atoms in total. The Morgan fingerprint density at radius 2 is 2.03 bits per heavy atom. The number of nitrogens with one attached hydrogen (secondary N) is 1. The van der Waals surface area contributed by atoms with E-state index < -0.39 is 5.82 Å². The van der Waals surface area contributed by atoms with Gasteiger partial charge in [-0.2, -0.15) is 0 Å². The number of aryl methyl sites for hydroxylation is 2. The summed E-state index contributed by atoms with van der Waals surface area (Å²) in [5.41, 5.74) is 2.90. The van der Waals surface area contributed by atoms with Crippen LogP contribution in [0.5, 0.6) is 5.75 Å². The lowest BCUT2D eigenvalue weighted by Crippen LogP contribution is -2.15. The lowest BCUT2D eigenvalue weighted by atomic mass is 10.1. The van der Waals surface area contributed by atoms with Crippen LogP contribution in [0.25, 0.3) is 0 Å². The first-order valence-electron chi connectivity index (χ1n) is 9.37. The van der Waals surface area contributed by atoms with Gasteiger partial charge in [0.2, 0.25) is 5.91 Å². The molecule has 0 fully saturated rings. The third-order valence-corrected chi connectivity index (χ3v) is 5.62. The first-order valence-corrected chi connectivity index (χ1v) is 10.7. The number of thioether (sulfide) groups is 1. The number of aromatic nitrogens is 3. The van der Waals surface area contributed by atoms with Gasteiger partial charge >= 0.3 is 0 Å². The van der Waals surface area contributed by atoms with Gasteiger partial charge in [-0.1, -0.05) is 35.5 Å². The summed E-state index contributed by atoms with van der Waals surface area (Å²) in [6, 6.07) is 10.1. The van der Waals surface area contributed by atoms with E-state index in [1.807, 2.05) is 43.5 Å². The van der Waals surface area contributed by atoms with Crippen molar-refractivity contribution in [1.29, 1.82) is 0 Å². The number of amides is 1. The topological polar surface area (TPSA) is 69.0 Å². The molecule has 0 atom stereocenters. The molecule has 0 aliphatic carbocycles. The highest BCUT2D eigenvalue weighted by Crippen LogP contribution is 2.23. The summed E-state index contributed by atoms with van der Waals surface area (Å²) in [6.07, 6.45) is 0.